The molecule has 0 fully saturated rings. The van der Waals surface area contributed by atoms with E-state index in [-0.39, 0.29) is 17.3 Å². The summed E-state index contributed by atoms with van der Waals surface area (Å²) in [6.45, 7) is 4.09. The normalized spacial score (nSPS) is 11.3. The van der Waals surface area contributed by atoms with Crippen LogP contribution in [0.3, 0.4) is 0 Å². The number of rotatable bonds is 8. The minimum atomic E-state index is -3.80. The van der Waals surface area contributed by atoms with Crippen LogP contribution in [0.5, 0.6) is 11.5 Å². The Morgan fingerprint density at radius 1 is 1.18 bits per heavy atom. The molecule has 0 spiro atoms. The van der Waals surface area contributed by atoms with Crippen LogP contribution in [0.15, 0.2) is 23.1 Å². The summed E-state index contributed by atoms with van der Waals surface area (Å²) in [6.07, 6.45) is 0. The second-order valence-corrected chi connectivity index (χ2v) is 6.81. The highest BCUT2D eigenvalue weighted by molar-refractivity contribution is 7.89. The zero-order chi connectivity index (χ0) is 16.8. The first-order valence-corrected chi connectivity index (χ1v) is 8.27. The fraction of sp³-hybridized carbons (Fsp3) is 0.500. The lowest BCUT2D eigenvalue weighted by atomic mass is 10.2. The summed E-state index contributed by atoms with van der Waals surface area (Å²) in [5.41, 5.74) is 0. The van der Waals surface area contributed by atoms with Crippen LogP contribution in [0.1, 0.15) is 13.8 Å². The van der Waals surface area contributed by atoms with Gasteiger partial charge in [-0.15, -0.1) is 0 Å². The van der Waals surface area contributed by atoms with E-state index in [1.54, 1.807) is 0 Å². The average Bonchev–Trinajstić information content (AvgIpc) is 2.50. The number of ether oxygens (including phenoxy) is 2. The van der Waals surface area contributed by atoms with Crippen molar-refractivity contribution >= 4 is 15.9 Å². The van der Waals surface area contributed by atoms with Crippen LogP contribution in [0.25, 0.3) is 0 Å². The zero-order valence-electron chi connectivity index (χ0n) is 13.2. The second-order valence-electron chi connectivity index (χ2n) is 5.04. The molecule has 0 aliphatic heterocycles. The number of benzene rings is 1. The van der Waals surface area contributed by atoms with E-state index in [1.807, 2.05) is 13.8 Å². The fourth-order valence-electron chi connectivity index (χ4n) is 1.61. The third-order valence-electron chi connectivity index (χ3n) is 2.80. The monoisotopic (exact) mass is 330 g/mol. The maximum Gasteiger partial charge on any atom is 0.241 e. The molecule has 0 saturated carbocycles. The van der Waals surface area contributed by atoms with Crippen molar-refractivity contribution in [1.29, 1.82) is 0 Å². The van der Waals surface area contributed by atoms with Crippen LogP contribution in [0.2, 0.25) is 0 Å². The third kappa shape index (κ3) is 5.19. The van der Waals surface area contributed by atoms with E-state index in [0.29, 0.717) is 24.0 Å². The van der Waals surface area contributed by atoms with Crippen molar-refractivity contribution < 1.29 is 22.7 Å². The molecular formula is C14H22N2O5S. The lowest BCUT2D eigenvalue weighted by molar-refractivity contribution is -0.120. The zero-order valence-corrected chi connectivity index (χ0v) is 14.0. The quantitative estimate of drug-likeness (QED) is 0.734. The minimum absolute atomic E-state index is 0.00168. The number of hydrogen-bond acceptors (Lipinski definition) is 5. The molecule has 0 bridgehead atoms. The highest BCUT2D eigenvalue weighted by atomic mass is 32.2. The first-order chi connectivity index (χ1) is 10.3. The lowest BCUT2D eigenvalue weighted by Crippen LogP contribution is -2.38. The van der Waals surface area contributed by atoms with Crippen LogP contribution < -0.4 is 19.5 Å². The first-order valence-electron chi connectivity index (χ1n) is 6.78. The molecule has 8 heteroatoms. The van der Waals surface area contributed by atoms with E-state index >= 15 is 0 Å². The van der Waals surface area contributed by atoms with E-state index in [0.717, 1.165) is 0 Å². The number of carbonyl (C=O) groups excluding carboxylic acids is 1. The smallest absolute Gasteiger partial charge is 0.241 e. The molecule has 1 rings (SSSR count). The van der Waals surface area contributed by atoms with E-state index in [2.05, 4.69) is 10.0 Å². The van der Waals surface area contributed by atoms with Gasteiger partial charge in [0.15, 0.2) is 11.5 Å². The molecule has 1 amide bonds. The predicted molar refractivity (Wildman–Crippen MR) is 82.6 cm³/mol. The summed E-state index contributed by atoms with van der Waals surface area (Å²) >= 11 is 0. The third-order valence-corrected chi connectivity index (χ3v) is 4.19. The molecule has 0 aliphatic rings. The number of sulfonamides is 1. The number of methoxy groups -OCH3 is 2. The van der Waals surface area contributed by atoms with Gasteiger partial charge >= 0.3 is 0 Å². The van der Waals surface area contributed by atoms with Gasteiger partial charge in [-0.1, -0.05) is 13.8 Å². The van der Waals surface area contributed by atoms with Gasteiger partial charge in [0.05, 0.1) is 25.7 Å². The maximum absolute atomic E-state index is 12.2. The molecule has 0 radical (unpaired) electrons. The number of hydrogen-bond donors (Lipinski definition) is 2. The average molecular weight is 330 g/mol. The van der Waals surface area contributed by atoms with E-state index < -0.39 is 10.0 Å². The molecule has 1 aromatic carbocycles. The van der Waals surface area contributed by atoms with Crippen molar-refractivity contribution in [2.75, 3.05) is 27.3 Å². The number of nitrogens with one attached hydrogen (secondary N) is 2. The second kappa shape index (κ2) is 8.00. The molecule has 1 aromatic rings. The van der Waals surface area contributed by atoms with Gasteiger partial charge in [-0.2, -0.15) is 0 Å². The summed E-state index contributed by atoms with van der Waals surface area (Å²) in [6, 6.07) is 4.22. The molecule has 0 heterocycles. The number of carbonyl (C=O) groups is 1. The molecule has 0 atom stereocenters. The molecule has 124 valence electrons. The highest BCUT2D eigenvalue weighted by Crippen LogP contribution is 2.29. The van der Waals surface area contributed by atoms with Crippen LogP contribution in [0.4, 0.5) is 0 Å². The fourth-order valence-corrected chi connectivity index (χ4v) is 2.61. The Bertz CT molecular complexity index is 614. The topological polar surface area (TPSA) is 93.7 Å². The van der Waals surface area contributed by atoms with Gasteiger partial charge in [-0.3, -0.25) is 4.79 Å². The predicted octanol–water partition coefficient (Wildman–Crippen LogP) is 0.754. The SMILES string of the molecule is COc1ccc(S(=O)(=O)NCC(=O)NCC(C)C)cc1OC. The van der Waals surface area contributed by atoms with Crippen molar-refractivity contribution in [3.63, 3.8) is 0 Å². The van der Waals surface area contributed by atoms with E-state index in [1.165, 1.54) is 32.4 Å². The molecule has 2 N–H and O–H groups in total. The Morgan fingerprint density at radius 2 is 1.82 bits per heavy atom. The summed E-state index contributed by atoms with van der Waals surface area (Å²) in [5, 5.41) is 2.64. The molecule has 0 aliphatic carbocycles. The maximum atomic E-state index is 12.2. The summed E-state index contributed by atoms with van der Waals surface area (Å²) in [5.74, 6) is 0.648. The van der Waals surface area contributed by atoms with Gasteiger partial charge in [0.1, 0.15) is 0 Å². The van der Waals surface area contributed by atoms with Crippen molar-refractivity contribution in [1.82, 2.24) is 10.0 Å². The van der Waals surface area contributed by atoms with E-state index in [9.17, 15) is 13.2 Å². The van der Waals surface area contributed by atoms with Crippen LogP contribution in [-0.4, -0.2) is 41.6 Å². The Morgan fingerprint density at radius 3 is 2.36 bits per heavy atom. The van der Waals surface area contributed by atoms with Gasteiger partial charge in [0.25, 0.3) is 0 Å². The summed E-state index contributed by atoms with van der Waals surface area (Å²) < 4.78 is 36.7. The Kier molecular flexibility index (Phi) is 6.63. The van der Waals surface area contributed by atoms with Crippen LogP contribution >= 0.6 is 0 Å². The van der Waals surface area contributed by atoms with Gasteiger partial charge < -0.3 is 14.8 Å². The van der Waals surface area contributed by atoms with Gasteiger partial charge in [-0.25, -0.2) is 13.1 Å². The summed E-state index contributed by atoms with van der Waals surface area (Å²) in [7, 11) is -0.919. The number of amides is 1. The molecule has 0 aromatic heterocycles. The van der Waals surface area contributed by atoms with Crippen molar-refractivity contribution in [2.45, 2.75) is 18.7 Å². The van der Waals surface area contributed by atoms with Crippen molar-refractivity contribution in [2.24, 2.45) is 5.92 Å². The molecular weight excluding hydrogens is 308 g/mol. The summed E-state index contributed by atoms with van der Waals surface area (Å²) in [4.78, 5) is 11.6. The van der Waals surface area contributed by atoms with Crippen LogP contribution in [-0.2, 0) is 14.8 Å². The van der Waals surface area contributed by atoms with E-state index in [4.69, 9.17) is 9.47 Å². The largest absolute Gasteiger partial charge is 0.493 e. The molecule has 0 unspecified atom stereocenters. The van der Waals surface area contributed by atoms with Crippen LogP contribution in [0, 0.1) is 5.92 Å². The Balaban J connectivity index is 2.76. The van der Waals surface area contributed by atoms with Crippen molar-refractivity contribution in [3.8, 4) is 11.5 Å². The lowest BCUT2D eigenvalue weighted by Gasteiger charge is -2.11. The first kappa shape index (κ1) is 18.2. The van der Waals surface area contributed by atoms with Crippen molar-refractivity contribution in [3.05, 3.63) is 18.2 Å². The standard InChI is InChI=1S/C14H22N2O5S/c1-10(2)8-15-14(17)9-16-22(18,19)11-5-6-12(20-3)13(7-11)21-4/h5-7,10,16H,8-9H2,1-4H3,(H,15,17). The van der Waals surface area contributed by atoms with Gasteiger partial charge in [-0.05, 0) is 18.1 Å². The van der Waals surface area contributed by atoms with Gasteiger partial charge in [0.2, 0.25) is 15.9 Å². The Hall–Kier alpha value is -1.80. The molecule has 22 heavy (non-hydrogen) atoms. The highest BCUT2D eigenvalue weighted by Gasteiger charge is 2.18. The molecule has 0 saturated heterocycles. The molecule has 7 nitrogen and oxygen atoms in total. The van der Waals surface area contributed by atoms with Gasteiger partial charge in [0, 0.05) is 12.6 Å². The minimum Gasteiger partial charge on any atom is -0.493 e. The Labute approximate surface area is 131 Å².